The minimum Gasteiger partial charge on any atom is -0.281 e. The quantitative estimate of drug-likeness (QED) is 0.770. The molecule has 1 heterocycles. The molecule has 0 aliphatic rings. The van der Waals surface area contributed by atoms with E-state index in [1.807, 2.05) is 19.1 Å². The van der Waals surface area contributed by atoms with E-state index in [1.165, 1.54) is 0 Å². The first-order valence-electron chi connectivity index (χ1n) is 4.43. The molecule has 0 atom stereocenters. The zero-order valence-corrected chi connectivity index (χ0v) is 8.86. The SMILES string of the molecule is Cc1[nH]ncc1N=Nc1cccc(Cl)c1. The second-order valence-corrected chi connectivity index (χ2v) is 3.50. The lowest BCUT2D eigenvalue weighted by Gasteiger charge is -1.92. The molecule has 1 aromatic heterocycles. The zero-order chi connectivity index (χ0) is 10.7. The fourth-order valence-electron chi connectivity index (χ4n) is 1.10. The van der Waals surface area contributed by atoms with E-state index in [2.05, 4.69) is 20.4 Å². The smallest absolute Gasteiger partial charge is 0.126 e. The van der Waals surface area contributed by atoms with Gasteiger partial charge in [0, 0.05) is 5.02 Å². The minimum atomic E-state index is 0.648. The lowest BCUT2D eigenvalue weighted by atomic mass is 10.3. The second-order valence-electron chi connectivity index (χ2n) is 3.06. The van der Waals surface area contributed by atoms with E-state index in [1.54, 1.807) is 18.3 Å². The minimum absolute atomic E-state index is 0.648. The molecule has 0 bridgehead atoms. The Morgan fingerprint density at radius 3 is 2.87 bits per heavy atom. The number of benzene rings is 1. The van der Waals surface area contributed by atoms with E-state index >= 15 is 0 Å². The molecule has 0 fully saturated rings. The van der Waals surface area contributed by atoms with Gasteiger partial charge in [-0.3, -0.25) is 5.10 Å². The fourth-order valence-corrected chi connectivity index (χ4v) is 1.28. The predicted molar refractivity (Wildman–Crippen MR) is 59.0 cm³/mol. The van der Waals surface area contributed by atoms with Crippen LogP contribution in [0.2, 0.25) is 5.02 Å². The van der Waals surface area contributed by atoms with Gasteiger partial charge in [0.2, 0.25) is 0 Å². The van der Waals surface area contributed by atoms with Crippen LogP contribution in [-0.2, 0) is 0 Å². The average Bonchev–Trinajstić information content (AvgIpc) is 2.61. The van der Waals surface area contributed by atoms with Crippen LogP contribution in [-0.4, -0.2) is 10.2 Å². The highest BCUT2D eigenvalue weighted by molar-refractivity contribution is 6.30. The van der Waals surface area contributed by atoms with Gasteiger partial charge in [-0.15, -0.1) is 5.11 Å². The summed E-state index contributed by atoms with van der Waals surface area (Å²) in [6.45, 7) is 1.89. The van der Waals surface area contributed by atoms with Gasteiger partial charge in [-0.25, -0.2) is 0 Å². The van der Waals surface area contributed by atoms with Crippen molar-refractivity contribution in [2.24, 2.45) is 10.2 Å². The Hall–Kier alpha value is -1.68. The van der Waals surface area contributed by atoms with Gasteiger partial charge in [-0.05, 0) is 25.1 Å². The second kappa shape index (κ2) is 4.23. The number of nitrogens with one attached hydrogen (secondary N) is 1. The number of azo groups is 1. The maximum absolute atomic E-state index is 5.82. The molecule has 0 unspecified atom stereocenters. The third kappa shape index (κ3) is 2.41. The van der Waals surface area contributed by atoms with Gasteiger partial charge in [-0.1, -0.05) is 17.7 Å². The number of aromatic amines is 1. The van der Waals surface area contributed by atoms with E-state index in [0.717, 1.165) is 17.1 Å². The molecule has 0 spiro atoms. The average molecular weight is 221 g/mol. The molecule has 0 amide bonds. The number of rotatable bonds is 2. The molecular formula is C10H9ClN4. The standard InChI is InChI=1S/C10H9ClN4/c1-7-10(6-12-13-7)15-14-9-4-2-3-8(11)5-9/h2-6H,1H3,(H,12,13). The van der Waals surface area contributed by atoms with Crippen molar-refractivity contribution in [3.63, 3.8) is 0 Å². The first kappa shape index (κ1) is 9.86. The molecular weight excluding hydrogens is 212 g/mol. The van der Waals surface area contributed by atoms with E-state index in [0.29, 0.717) is 5.02 Å². The lowest BCUT2D eigenvalue weighted by Crippen LogP contribution is -1.68. The molecule has 0 aliphatic heterocycles. The van der Waals surface area contributed by atoms with Gasteiger partial charge in [0.25, 0.3) is 0 Å². The van der Waals surface area contributed by atoms with Crippen LogP contribution in [0.4, 0.5) is 11.4 Å². The van der Waals surface area contributed by atoms with Gasteiger partial charge in [0.05, 0.1) is 17.6 Å². The summed E-state index contributed by atoms with van der Waals surface area (Å²) in [6.07, 6.45) is 1.63. The molecule has 2 aromatic rings. The summed E-state index contributed by atoms with van der Waals surface area (Å²) in [5, 5.41) is 15.4. The maximum Gasteiger partial charge on any atom is 0.126 e. The van der Waals surface area contributed by atoms with E-state index in [4.69, 9.17) is 11.6 Å². The molecule has 0 saturated heterocycles. The van der Waals surface area contributed by atoms with Gasteiger partial charge in [-0.2, -0.15) is 10.2 Å². The van der Waals surface area contributed by atoms with Crippen LogP contribution >= 0.6 is 11.6 Å². The zero-order valence-electron chi connectivity index (χ0n) is 8.11. The fraction of sp³-hybridized carbons (Fsp3) is 0.100. The largest absolute Gasteiger partial charge is 0.281 e. The van der Waals surface area contributed by atoms with Crippen molar-refractivity contribution >= 4 is 23.0 Å². The van der Waals surface area contributed by atoms with Crippen molar-refractivity contribution in [3.05, 3.63) is 41.2 Å². The number of hydrogen-bond donors (Lipinski definition) is 1. The molecule has 2 rings (SSSR count). The Morgan fingerprint density at radius 2 is 2.20 bits per heavy atom. The number of H-pyrrole nitrogens is 1. The third-order valence-corrected chi connectivity index (χ3v) is 2.12. The summed E-state index contributed by atoms with van der Waals surface area (Å²) in [5.41, 5.74) is 2.35. The number of halogens is 1. The van der Waals surface area contributed by atoms with E-state index < -0.39 is 0 Å². The molecule has 15 heavy (non-hydrogen) atoms. The first-order valence-corrected chi connectivity index (χ1v) is 4.81. The molecule has 4 nitrogen and oxygen atoms in total. The highest BCUT2D eigenvalue weighted by Crippen LogP contribution is 2.21. The van der Waals surface area contributed by atoms with Crippen LogP contribution in [0.1, 0.15) is 5.69 Å². The highest BCUT2D eigenvalue weighted by atomic mass is 35.5. The summed E-state index contributed by atoms with van der Waals surface area (Å²) >= 11 is 5.82. The Balaban J connectivity index is 2.22. The number of aromatic nitrogens is 2. The maximum atomic E-state index is 5.82. The number of nitrogens with zero attached hydrogens (tertiary/aromatic N) is 3. The summed E-state index contributed by atoms with van der Waals surface area (Å²) < 4.78 is 0. The van der Waals surface area contributed by atoms with Gasteiger partial charge in [0.1, 0.15) is 5.69 Å². The van der Waals surface area contributed by atoms with Crippen LogP contribution in [0.15, 0.2) is 40.7 Å². The Labute approximate surface area is 92.0 Å². The highest BCUT2D eigenvalue weighted by Gasteiger charge is 1.97. The Bertz CT molecular complexity index is 490. The van der Waals surface area contributed by atoms with Crippen molar-refractivity contribution in [3.8, 4) is 0 Å². The molecule has 0 saturated carbocycles. The first-order chi connectivity index (χ1) is 7.25. The van der Waals surface area contributed by atoms with Gasteiger partial charge in [0.15, 0.2) is 0 Å². The van der Waals surface area contributed by atoms with Crippen LogP contribution in [0, 0.1) is 6.92 Å². The summed E-state index contributed by atoms with van der Waals surface area (Å²) in [6, 6.07) is 7.22. The molecule has 0 aliphatic carbocycles. The summed E-state index contributed by atoms with van der Waals surface area (Å²) in [4.78, 5) is 0. The molecule has 1 N–H and O–H groups in total. The molecule has 5 heteroatoms. The number of aryl methyl sites for hydroxylation is 1. The van der Waals surface area contributed by atoms with Gasteiger partial charge >= 0.3 is 0 Å². The van der Waals surface area contributed by atoms with Crippen LogP contribution in [0.5, 0.6) is 0 Å². The third-order valence-electron chi connectivity index (χ3n) is 1.88. The number of hydrogen-bond acceptors (Lipinski definition) is 3. The van der Waals surface area contributed by atoms with E-state index in [9.17, 15) is 0 Å². The Kier molecular flexibility index (Phi) is 2.78. The monoisotopic (exact) mass is 220 g/mol. The normalized spacial score (nSPS) is 11.1. The van der Waals surface area contributed by atoms with Gasteiger partial charge < -0.3 is 0 Å². The predicted octanol–water partition coefficient (Wildman–Crippen LogP) is 3.79. The van der Waals surface area contributed by atoms with Crippen molar-refractivity contribution in [2.45, 2.75) is 6.92 Å². The van der Waals surface area contributed by atoms with Crippen molar-refractivity contribution in [2.75, 3.05) is 0 Å². The molecule has 1 aromatic carbocycles. The Morgan fingerprint density at radius 1 is 1.33 bits per heavy atom. The lowest BCUT2D eigenvalue weighted by molar-refractivity contribution is 1.05. The van der Waals surface area contributed by atoms with Crippen molar-refractivity contribution in [1.29, 1.82) is 0 Å². The van der Waals surface area contributed by atoms with E-state index in [-0.39, 0.29) is 0 Å². The molecule has 76 valence electrons. The molecule has 0 radical (unpaired) electrons. The van der Waals surface area contributed by atoms with Crippen LogP contribution < -0.4 is 0 Å². The topological polar surface area (TPSA) is 53.4 Å². The van der Waals surface area contributed by atoms with Crippen molar-refractivity contribution in [1.82, 2.24) is 10.2 Å². The summed E-state index contributed by atoms with van der Waals surface area (Å²) in [7, 11) is 0. The van der Waals surface area contributed by atoms with Crippen molar-refractivity contribution < 1.29 is 0 Å². The van der Waals surface area contributed by atoms with Crippen LogP contribution in [0.3, 0.4) is 0 Å². The summed E-state index contributed by atoms with van der Waals surface area (Å²) in [5.74, 6) is 0. The van der Waals surface area contributed by atoms with Crippen LogP contribution in [0.25, 0.3) is 0 Å².